The van der Waals surface area contributed by atoms with Crippen LogP contribution in [0.15, 0.2) is 29.2 Å². The number of rotatable bonds is 10. The highest BCUT2D eigenvalue weighted by Crippen LogP contribution is 2.26. The Hall–Kier alpha value is -2.20. The van der Waals surface area contributed by atoms with Crippen molar-refractivity contribution in [2.45, 2.75) is 44.6 Å². The molecule has 2 heterocycles. The molecule has 0 spiro atoms. The Morgan fingerprint density at radius 1 is 1.09 bits per heavy atom. The number of halogens is 1. The number of aromatic nitrogens is 1. The Labute approximate surface area is 199 Å². The van der Waals surface area contributed by atoms with E-state index >= 15 is 0 Å². The van der Waals surface area contributed by atoms with E-state index in [1.54, 1.807) is 13.2 Å². The van der Waals surface area contributed by atoms with Gasteiger partial charge in [0.05, 0.1) is 15.5 Å². The van der Waals surface area contributed by atoms with Gasteiger partial charge >= 0.3 is 5.97 Å². The predicted molar refractivity (Wildman–Crippen MR) is 124 cm³/mol. The first kappa shape index (κ1) is 25.4. The second-order valence-electron chi connectivity index (χ2n) is 8.03. The first-order chi connectivity index (χ1) is 15.7. The molecule has 180 valence electrons. The third-order valence-electron chi connectivity index (χ3n) is 5.80. The topological polar surface area (TPSA) is 94.9 Å². The van der Waals surface area contributed by atoms with Crippen LogP contribution in [0.25, 0.3) is 0 Å². The average molecular weight is 497 g/mol. The summed E-state index contributed by atoms with van der Waals surface area (Å²) < 4.78 is 39.3. The molecule has 0 bridgehead atoms. The van der Waals surface area contributed by atoms with E-state index in [4.69, 9.17) is 21.1 Å². The zero-order valence-corrected chi connectivity index (χ0v) is 20.7. The lowest BCUT2D eigenvalue weighted by atomic mass is 10.1. The van der Waals surface area contributed by atoms with Crippen LogP contribution in [0.1, 0.15) is 51.4 Å². The normalized spacial score (nSPS) is 14.5. The molecule has 0 saturated carbocycles. The fourth-order valence-corrected chi connectivity index (χ4v) is 5.72. The third-order valence-corrected chi connectivity index (χ3v) is 8.02. The number of benzene rings is 1. The molecule has 0 atom stereocenters. The van der Waals surface area contributed by atoms with E-state index in [-0.39, 0.29) is 21.3 Å². The van der Waals surface area contributed by atoms with Crippen molar-refractivity contribution in [3.05, 3.63) is 51.8 Å². The zero-order valence-electron chi connectivity index (χ0n) is 19.1. The van der Waals surface area contributed by atoms with Crippen LogP contribution in [-0.4, -0.2) is 62.5 Å². The standard InChI is InChI=1S/C23H29ClN2O6S/c1-16-13-19(17(2)26(16)11-6-12-31-3)22(27)15-32-23(28)20-14-18(7-8-21(20)24)33(29,30)25-9-4-5-10-25/h7-8,13-14H,4-6,9-12,15H2,1-3H3. The molecule has 0 N–H and O–H groups in total. The fraction of sp³-hybridized carbons (Fsp3) is 0.478. The number of ether oxygens (including phenoxy) is 2. The van der Waals surface area contributed by atoms with Gasteiger partial charge in [-0.1, -0.05) is 11.6 Å². The highest BCUT2D eigenvalue weighted by Gasteiger charge is 2.29. The molecule has 3 rings (SSSR count). The predicted octanol–water partition coefficient (Wildman–Crippen LogP) is 3.62. The highest BCUT2D eigenvalue weighted by atomic mass is 35.5. The minimum atomic E-state index is -3.71. The molecular formula is C23H29ClN2O6S. The van der Waals surface area contributed by atoms with Crippen molar-refractivity contribution in [3.63, 3.8) is 0 Å². The summed E-state index contributed by atoms with van der Waals surface area (Å²) in [6.07, 6.45) is 2.41. The van der Waals surface area contributed by atoms with Gasteiger partial charge in [-0.05, 0) is 57.4 Å². The molecule has 1 aromatic heterocycles. The first-order valence-electron chi connectivity index (χ1n) is 10.8. The quantitative estimate of drug-likeness (QED) is 0.283. The number of carbonyl (C=O) groups excluding carboxylic acids is 2. The molecule has 2 aromatic rings. The number of ketones is 1. The minimum absolute atomic E-state index is 0.0216. The molecule has 33 heavy (non-hydrogen) atoms. The molecule has 0 unspecified atom stereocenters. The summed E-state index contributed by atoms with van der Waals surface area (Å²) in [5.41, 5.74) is 2.12. The second kappa shape index (κ2) is 10.8. The Kier molecular flexibility index (Phi) is 8.33. The number of hydrogen-bond acceptors (Lipinski definition) is 6. The minimum Gasteiger partial charge on any atom is -0.454 e. The smallest absolute Gasteiger partial charge is 0.340 e. The molecule has 0 amide bonds. The number of hydrogen-bond donors (Lipinski definition) is 0. The van der Waals surface area contributed by atoms with Gasteiger partial charge < -0.3 is 14.0 Å². The number of carbonyl (C=O) groups is 2. The van der Waals surface area contributed by atoms with E-state index in [2.05, 4.69) is 0 Å². The van der Waals surface area contributed by atoms with Crippen molar-refractivity contribution in [2.75, 3.05) is 33.4 Å². The van der Waals surface area contributed by atoms with Crippen LogP contribution in [-0.2, 0) is 26.0 Å². The number of aryl methyl sites for hydroxylation is 1. The Bertz CT molecular complexity index is 1140. The average Bonchev–Trinajstić information content (AvgIpc) is 3.42. The Morgan fingerprint density at radius 2 is 1.79 bits per heavy atom. The molecule has 8 nitrogen and oxygen atoms in total. The SMILES string of the molecule is COCCCn1c(C)cc(C(=O)COC(=O)c2cc(S(=O)(=O)N3CCCC3)ccc2Cl)c1C. The molecule has 1 aromatic carbocycles. The van der Waals surface area contributed by atoms with E-state index in [1.807, 2.05) is 18.4 Å². The van der Waals surface area contributed by atoms with Crippen molar-refractivity contribution in [1.29, 1.82) is 0 Å². The molecule has 1 aliphatic heterocycles. The number of methoxy groups -OCH3 is 1. The number of nitrogens with zero attached hydrogens (tertiary/aromatic N) is 2. The number of sulfonamides is 1. The summed E-state index contributed by atoms with van der Waals surface area (Å²) >= 11 is 6.14. The lowest BCUT2D eigenvalue weighted by molar-refractivity contribution is 0.0474. The van der Waals surface area contributed by atoms with E-state index in [1.165, 1.54) is 22.5 Å². The summed E-state index contributed by atoms with van der Waals surface area (Å²) in [6, 6.07) is 5.71. The van der Waals surface area contributed by atoms with Gasteiger partial charge in [-0.25, -0.2) is 13.2 Å². The third kappa shape index (κ3) is 5.66. The van der Waals surface area contributed by atoms with Gasteiger partial charge in [0, 0.05) is 50.3 Å². The van der Waals surface area contributed by atoms with Crippen molar-refractivity contribution >= 4 is 33.4 Å². The Balaban J connectivity index is 1.71. The van der Waals surface area contributed by atoms with E-state index in [0.29, 0.717) is 31.8 Å². The Morgan fingerprint density at radius 3 is 2.45 bits per heavy atom. The zero-order chi connectivity index (χ0) is 24.2. The first-order valence-corrected chi connectivity index (χ1v) is 12.6. The van der Waals surface area contributed by atoms with Crippen molar-refractivity contribution in [3.8, 4) is 0 Å². The van der Waals surface area contributed by atoms with Crippen molar-refractivity contribution in [2.24, 2.45) is 0 Å². The van der Waals surface area contributed by atoms with E-state index in [9.17, 15) is 18.0 Å². The largest absolute Gasteiger partial charge is 0.454 e. The lowest BCUT2D eigenvalue weighted by Gasteiger charge is -2.16. The lowest BCUT2D eigenvalue weighted by Crippen LogP contribution is -2.28. The second-order valence-corrected chi connectivity index (χ2v) is 10.4. The van der Waals surface area contributed by atoms with Gasteiger partial charge in [-0.3, -0.25) is 4.79 Å². The van der Waals surface area contributed by atoms with E-state index in [0.717, 1.165) is 30.7 Å². The monoisotopic (exact) mass is 496 g/mol. The van der Waals surface area contributed by atoms with Gasteiger partial charge in [0.25, 0.3) is 0 Å². The van der Waals surface area contributed by atoms with Crippen molar-refractivity contribution < 1.29 is 27.5 Å². The van der Waals surface area contributed by atoms with Crippen LogP contribution in [0.2, 0.25) is 5.02 Å². The van der Waals surface area contributed by atoms with Crippen LogP contribution < -0.4 is 0 Å². The van der Waals surface area contributed by atoms with Crippen molar-refractivity contribution in [1.82, 2.24) is 8.87 Å². The maximum Gasteiger partial charge on any atom is 0.340 e. The summed E-state index contributed by atoms with van der Waals surface area (Å²) in [4.78, 5) is 25.4. The molecule has 10 heteroatoms. The van der Waals surface area contributed by atoms with Crippen LogP contribution >= 0.6 is 11.6 Å². The fourth-order valence-electron chi connectivity index (χ4n) is 3.98. The summed E-state index contributed by atoms with van der Waals surface area (Å²) in [5, 5.41) is 0.0594. The molecule has 0 aliphatic carbocycles. The maximum absolute atomic E-state index is 12.8. The molecule has 0 radical (unpaired) electrons. The van der Waals surface area contributed by atoms with Gasteiger partial charge in [0.1, 0.15) is 0 Å². The van der Waals surface area contributed by atoms with Crippen LogP contribution in [0, 0.1) is 13.8 Å². The van der Waals surface area contributed by atoms with Crippen LogP contribution in [0.5, 0.6) is 0 Å². The van der Waals surface area contributed by atoms with Crippen LogP contribution in [0.4, 0.5) is 0 Å². The summed E-state index contributed by atoms with van der Waals surface area (Å²) in [6.45, 7) is 5.51. The van der Waals surface area contributed by atoms with Gasteiger partial charge in [-0.15, -0.1) is 0 Å². The van der Waals surface area contributed by atoms with Gasteiger partial charge in [0.2, 0.25) is 15.8 Å². The number of Topliss-reactive ketones (excluding diaryl/α,β-unsaturated/α-hetero) is 1. The van der Waals surface area contributed by atoms with E-state index < -0.39 is 22.6 Å². The molecule has 1 saturated heterocycles. The maximum atomic E-state index is 12.8. The van der Waals surface area contributed by atoms with Gasteiger partial charge in [-0.2, -0.15) is 4.31 Å². The summed E-state index contributed by atoms with van der Waals surface area (Å²) in [7, 11) is -2.07. The number of esters is 1. The van der Waals surface area contributed by atoms with Gasteiger partial charge in [0.15, 0.2) is 6.61 Å². The molecular weight excluding hydrogens is 468 g/mol. The molecule has 1 aliphatic rings. The van der Waals surface area contributed by atoms with Crippen LogP contribution in [0.3, 0.4) is 0 Å². The highest BCUT2D eigenvalue weighted by molar-refractivity contribution is 7.89. The summed E-state index contributed by atoms with van der Waals surface area (Å²) in [5.74, 6) is -1.19. The molecule has 1 fully saturated rings.